The number of aromatic nitrogens is 4. The highest BCUT2D eigenvalue weighted by molar-refractivity contribution is 6.04. The van der Waals surface area contributed by atoms with Gasteiger partial charge in [0.15, 0.2) is 5.82 Å². The number of para-hydroxylation sites is 1. The minimum absolute atomic E-state index is 0.241. The Labute approximate surface area is 215 Å². The third-order valence-corrected chi connectivity index (χ3v) is 6.98. The van der Waals surface area contributed by atoms with Gasteiger partial charge in [-0.15, -0.1) is 0 Å². The smallest absolute Gasteiger partial charge is 0.257 e. The topological polar surface area (TPSA) is 99.3 Å². The molecular weight excluding hydrogens is 466 g/mol. The maximum atomic E-state index is 13.1. The molecule has 9 nitrogen and oxygen atoms in total. The third-order valence-electron chi connectivity index (χ3n) is 6.98. The number of benzene rings is 2. The predicted molar refractivity (Wildman–Crippen MR) is 142 cm³/mol. The second-order valence-corrected chi connectivity index (χ2v) is 9.67. The van der Waals surface area contributed by atoms with E-state index < -0.39 is 0 Å². The summed E-state index contributed by atoms with van der Waals surface area (Å²) >= 11 is 0. The van der Waals surface area contributed by atoms with E-state index in [-0.39, 0.29) is 5.91 Å². The summed E-state index contributed by atoms with van der Waals surface area (Å²) in [5.41, 5.74) is 2.44. The van der Waals surface area contributed by atoms with Gasteiger partial charge in [-0.2, -0.15) is 10.1 Å². The van der Waals surface area contributed by atoms with Gasteiger partial charge in [-0.05, 0) is 55.2 Å². The second kappa shape index (κ2) is 9.93. The van der Waals surface area contributed by atoms with Crippen molar-refractivity contribution in [3.05, 3.63) is 83.7 Å². The van der Waals surface area contributed by atoms with Gasteiger partial charge < -0.3 is 19.9 Å². The van der Waals surface area contributed by atoms with Gasteiger partial charge in [-0.25, -0.2) is 4.98 Å². The van der Waals surface area contributed by atoms with Crippen molar-refractivity contribution in [3.63, 3.8) is 0 Å². The Morgan fingerprint density at radius 2 is 1.81 bits per heavy atom. The molecular formula is C28H29N7O2. The molecule has 2 aromatic carbocycles. The fraction of sp³-hybridized carbons (Fsp3) is 0.286. The number of anilines is 3. The standard InChI is InChI=1S/C28H29N7O2/c1-19-11-14-34(15-12-19)28-29-13-10-25(30-28)35-17-23-24(18-35)32-33-26(23)31-27(36)20-6-5-9-22(16-20)37-21-7-3-2-4-8-21/h2-10,13,16,19H,11-12,14-15,17-18H2,1H3,(H2,31,32,33,36). The van der Waals surface area contributed by atoms with Gasteiger partial charge in [0.2, 0.25) is 5.95 Å². The van der Waals surface area contributed by atoms with Crippen LogP contribution in [0.5, 0.6) is 11.5 Å². The zero-order chi connectivity index (χ0) is 25.2. The molecule has 0 radical (unpaired) electrons. The highest BCUT2D eigenvalue weighted by Crippen LogP contribution is 2.31. The Morgan fingerprint density at radius 3 is 2.65 bits per heavy atom. The van der Waals surface area contributed by atoms with Crippen molar-refractivity contribution in [1.29, 1.82) is 0 Å². The maximum Gasteiger partial charge on any atom is 0.257 e. The van der Waals surface area contributed by atoms with E-state index in [0.717, 1.165) is 54.9 Å². The molecule has 0 aliphatic carbocycles. The van der Waals surface area contributed by atoms with E-state index in [1.807, 2.05) is 48.7 Å². The first-order chi connectivity index (χ1) is 18.1. The number of nitrogens with one attached hydrogen (secondary N) is 2. The Morgan fingerprint density at radius 1 is 1.00 bits per heavy atom. The van der Waals surface area contributed by atoms with Gasteiger partial charge in [0, 0.05) is 30.4 Å². The largest absolute Gasteiger partial charge is 0.457 e. The van der Waals surface area contributed by atoms with Crippen molar-refractivity contribution in [1.82, 2.24) is 20.2 Å². The van der Waals surface area contributed by atoms with E-state index in [2.05, 4.69) is 37.2 Å². The molecule has 2 aromatic heterocycles. The predicted octanol–water partition coefficient (Wildman–Crippen LogP) is 5.00. The summed E-state index contributed by atoms with van der Waals surface area (Å²) in [6.45, 7) is 5.52. The first-order valence-corrected chi connectivity index (χ1v) is 12.7. The van der Waals surface area contributed by atoms with Crippen molar-refractivity contribution in [3.8, 4) is 11.5 Å². The van der Waals surface area contributed by atoms with Crippen LogP contribution in [0.4, 0.5) is 17.6 Å². The van der Waals surface area contributed by atoms with Crippen LogP contribution in [0.1, 0.15) is 41.4 Å². The average Bonchev–Trinajstić information content (AvgIpc) is 3.52. The van der Waals surface area contributed by atoms with E-state index in [9.17, 15) is 4.79 Å². The van der Waals surface area contributed by atoms with E-state index in [4.69, 9.17) is 9.72 Å². The van der Waals surface area contributed by atoms with Gasteiger partial charge in [0.1, 0.15) is 17.3 Å². The number of amides is 1. The summed E-state index contributed by atoms with van der Waals surface area (Å²) in [4.78, 5) is 26.9. The zero-order valence-electron chi connectivity index (χ0n) is 20.7. The van der Waals surface area contributed by atoms with Crippen molar-refractivity contribution < 1.29 is 9.53 Å². The number of fused-ring (bicyclic) bond motifs is 1. The molecule has 2 aliphatic rings. The molecule has 2 N–H and O–H groups in total. The lowest BCUT2D eigenvalue weighted by molar-refractivity contribution is 0.102. The fourth-order valence-electron chi connectivity index (χ4n) is 4.79. The van der Waals surface area contributed by atoms with Gasteiger partial charge >= 0.3 is 0 Å². The highest BCUT2D eigenvalue weighted by Gasteiger charge is 2.28. The van der Waals surface area contributed by atoms with Crippen LogP contribution < -0.4 is 19.9 Å². The Kier molecular flexibility index (Phi) is 6.18. The monoisotopic (exact) mass is 495 g/mol. The fourth-order valence-corrected chi connectivity index (χ4v) is 4.79. The number of ether oxygens (including phenoxy) is 1. The first kappa shape index (κ1) is 23.0. The van der Waals surface area contributed by atoms with Crippen LogP contribution in [-0.2, 0) is 13.1 Å². The van der Waals surface area contributed by atoms with Gasteiger partial charge in [-0.1, -0.05) is 31.2 Å². The molecule has 0 spiro atoms. The third kappa shape index (κ3) is 4.97. The minimum Gasteiger partial charge on any atom is -0.457 e. The van der Waals surface area contributed by atoms with E-state index in [0.29, 0.717) is 36.0 Å². The van der Waals surface area contributed by atoms with Crippen molar-refractivity contribution >= 4 is 23.5 Å². The summed E-state index contributed by atoms with van der Waals surface area (Å²) in [6, 6.07) is 18.5. The number of nitrogens with zero attached hydrogens (tertiary/aromatic N) is 5. The lowest BCUT2D eigenvalue weighted by Gasteiger charge is -2.30. The Balaban J connectivity index is 1.13. The highest BCUT2D eigenvalue weighted by atomic mass is 16.5. The number of carbonyl (C=O) groups excluding carboxylic acids is 1. The van der Waals surface area contributed by atoms with Crippen LogP contribution in [-0.4, -0.2) is 39.2 Å². The molecule has 2 aliphatic heterocycles. The number of hydrogen-bond acceptors (Lipinski definition) is 7. The summed E-state index contributed by atoms with van der Waals surface area (Å²) < 4.78 is 5.88. The van der Waals surface area contributed by atoms with E-state index in [1.165, 1.54) is 0 Å². The van der Waals surface area contributed by atoms with Crippen LogP contribution in [0, 0.1) is 5.92 Å². The molecule has 4 heterocycles. The summed E-state index contributed by atoms with van der Waals surface area (Å²) in [5.74, 6) is 4.02. The number of carbonyl (C=O) groups is 1. The van der Waals surface area contributed by atoms with Crippen molar-refractivity contribution in [2.24, 2.45) is 5.92 Å². The Bertz CT molecular complexity index is 1400. The molecule has 1 saturated heterocycles. The lowest BCUT2D eigenvalue weighted by Crippen LogP contribution is -2.34. The molecule has 4 aromatic rings. The number of H-pyrrole nitrogens is 1. The van der Waals surface area contributed by atoms with E-state index >= 15 is 0 Å². The molecule has 0 unspecified atom stereocenters. The first-order valence-electron chi connectivity index (χ1n) is 12.7. The molecule has 9 heteroatoms. The molecule has 1 fully saturated rings. The van der Waals surface area contributed by atoms with E-state index in [1.54, 1.807) is 18.2 Å². The number of piperidine rings is 1. The van der Waals surface area contributed by atoms with Gasteiger partial charge in [-0.3, -0.25) is 9.89 Å². The quantitative estimate of drug-likeness (QED) is 0.388. The molecule has 0 saturated carbocycles. The van der Waals surface area contributed by atoms with Crippen LogP contribution in [0.2, 0.25) is 0 Å². The SMILES string of the molecule is CC1CCN(c2nccc(N3Cc4[nH]nc(NC(=O)c5cccc(Oc6ccccc6)c5)c4C3)n2)CC1. The maximum absolute atomic E-state index is 13.1. The van der Waals surface area contributed by atoms with Crippen LogP contribution in [0.25, 0.3) is 0 Å². The summed E-state index contributed by atoms with van der Waals surface area (Å²) in [6.07, 6.45) is 4.16. The number of aromatic amines is 1. The summed E-state index contributed by atoms with van der Waals surface area (Å²) in [7, 11) is 0. The van der Waals surface area contributed by atoms with Gasteiger partial charge in [0.25, 0.3) is 5.91 Å². The summed E-state index contributed by atoms with van der Waals surface area (Å²) in [5, 5.41) is 10.4. The van der Waals surface area contributed by atoms with Crippen molar-refractivity contribution in [2.75, 3.05) is 28.2 Å². The molecule has 0 bridgehead atoms. The van der Waals surface area contributed by atoms with Crippen LogP contribution >= 0.6 is 0 Å². The molecule has 0 atom stereocenters. The number of rotatable bonds is 6. The van der Waals surface area contributed by atoms with Crippen molar-refractivity contribution in [2.45, 2.75) is 32.9 Å². The lowest BCUT2D eigenvalue weighted by atomic mass is 10.00. The number of hydrogen-bond donors (Lipinski definition) is 2. The van der Waals surface area contributed by atoms with Gasteiger partial charge in [0.05, 0.1) is 18.8 Å². The Hall–Kier alpha value is -4.40. The average molecular weight is 496 g/mol. The molecule has 1 amide bonds. The minimum atomic E-state index is -0.241. The molecule has 37 heavy (non-hydrogen) atoms. The molecule has 6 rings (SSSR count). The zero-order valence-corrected chi connectivity index (χ0v) is 20.7. The normalized spacial score (nSPS) is 15.5. The van der Waals surface area contributed by atoms with Crippen LogP contribution in [0.15, 0.2) is 66.9 Å². The second-order valence-electron chi connectivity index (χ2n) is 9.67. The molecule has 188 valence electrons. The van der Waals surface area contributed by atoms with Crippen LogP contribution in [0.3, 0.4) is 0 Å².